The summed E-state index contributed by atoms with van der Waals surface area (Å²) >= 11 is 0. The molecule has 2 amide bonds. The lowest BCUT2D eigenvalue weighted by Crippen LogP contribution is -2.45. The number of halogens is 2. The van der Waals surface area contributed by atoms with Crippen molar-refractivity contribution in [2.24, 2.45) is 5.41 Å². The molecular weight excluding hydrogens is 316 g/mol. The molecule has 2 N–H and O–H groups in total. The van der Waals surface area contributed by atoms with Crippen molar-refractivity contribution in [3.05, 3.63) is 23.5 Å². The van der Waals surface area contributed by atoms with Crippen LogP contribution in [-0.4, -0.2) is 30.3 Å². The smallest absolute Gasteiger partial charge is 0.319 e. The Balaban J connectivity index is 1.43. The number of carbonyl (C=O) groups is 1. The van der Waals surface area contributed by atoms with E-state index in [2.05, 4.69) is 15.6 Å². The number of amides is 2. The maximum Gasteiger partial charge on any atom is 0.319 e. The third kappa shape index (κ3) is 3.83. The van der Waals surface area contributed by atoms with Gasteiger partial charge >= 0.3 is 6.03 Å². The van der Waals surface area contributed by atoms with Crippen LogP contribution in [0.4, 0.5) is 19.3 Å². The van der Waals surface area contributed by atoms with Crippen LogP contribution in [0.1, 0.15) is 49.8 Å². The predicted molar refractivity (Wildman–Crippen MR) is 86.2 cm³/mol. The number of hydrogen-bond acceptors (Lipinski definition) is 3. The molecular formula is C17H23F2N3O2. The first-order valence-corrected chi connectivity index (χ1v) is 8.39. The molecule has 24 heavy (non-hydrogen) atoms. The largest absolute Gasteiger partial charge is 0.376 e. The van der Waals surface area contributed by atoms with Crippen LogP contribution in [0.5, 0.6) is 0 Å². The number of pyridine rings is 1. The van der Waals surface area contributed by atoms with Crippen molar-refractivity contribution in [3.63, 3.8) is 0 Å². The third-order valence-corrected chi connectivity index (χ3v) is 5.11. The number of rotatable bonds is 4. The quantitative estimate of drug-likeness (QED) is 0.877. The lowest BCUT2D eigenvalue weighted by molar-refractivity contribution is -0.0937. The number of urea groups is 1. The molecule has 1 aromatic rings. The second kappa shape index (κ2) is 7.01. The fourth-order valence-electron chi connectivity index (χ4n) is 3.41. The molecule has 0 aromatic carbocycles. The van der Waals surface area contributed by atoms with Crippen molar-refractivity contribution in [2.45, 2.75) is 51.6 Å². The highest BCUT2D eigenvalue weighted by atomic mass is 19.3. The molecule has 1 aliphatic heterocycles. The van der Waals surface area contributed by atoms with Gasteiger partial charge in [-0.25, -0.2) is 13.6 Å². The van der Waals surface area contributed by atoms with Crippen molar-refractivity contribution in [1.29, 1.82) is 0 Å². The third-order valence-electron chi connectivity index (χ3n) is 5.11. The molecule has 1 spiro atoms. The number of anilines is 1. The van der Waals surface area contributed by atoms with Crippen molar-refractivity contribution < 1.29 is 18.3 Å². The number of aromatic nitrogens is 1. The number of ether oxygens (including phenoxy) is 1. The number of alkyl halides is 2. The molecule has 7 heteroatoms. The summed E-state index contributed by atoms with van der Waals surface area (Å²) in [6.45, 7) is 2.78. The summed E-state index contributed by atoms with van der Waals surface area (Å²) in [5.74, 6) is 0. The van der Waals surface area contributed by atoms with Gasteiger partial charge in [0.1, 0.15) is 5.69 Å². The van der Waals surface area contributed by atoms with Crippen molar-refractivity contribution in [1.82, 2.24) is 10.3 Å². The van der Waals surface area contributed by atoms with Crippen LogP contribution in [0.3, 0.4) is 0 Å². The minimum atomic E-state index is -2.62. The molecule has 1 saturated carbocycles. The highest BCUT2D eigenvalue weighted by Crippen LogP contribution is 2.47. The number of nitrogens with zero attached hydrogens (tertiary/aromatic N) is 1. The molecule has 1 unspecified atom stereocenters. The summed E-state index contributed by atoms with van der Waals surface area (Å²) in [7, 11) is 0. The first kappa shape index (κ1) is 17.1. The van der Waals surface area contributed by atoms with E-state index in [0.717, 1.165) is 13.0 Å². The van der Waals surface area contributed by atoms with Crippen LogP contribution in [-0.2, 0) is 4.74 Å². The van der Waals surface area contributed by atoms with Gasteiger partial charge < -0.3 is 15.4 Å². The summed E-state index contributed by atoms with van der Waals surface area (Å²) < 4.78 is 31.2. The summed E-state index contributed by atoms with van der Waals surface area (Å²) in [5.41, 5.74) is 0.895. The standard InChI is InChI=1S/C17H23F2N3O2/c1-11-7-12(8-20-14(11)15(18)19)22-16(23)21-9-13-3-6-17(10-24-13)4-2-5-17/h7-8,13,15H,2-6,9-10H2,1H3,(H2,21,22,23). The maximum absolute atomic E-state index is 12.7. The minimum Gasteiger partial charge on any atom is -0.376 e. The highest BCUT2D eigenvalue weighted by molar-refractivity contribution is 5.89. The minimum absolute atomic E-state index is 0.0445. The molecule has 3 rings (SSSR count). The van der Waals surface area contributed by atoms with Crippen molar-refractivity contribution >= 4 is 11.7 Å². The molecule has 1 aliphatic carbocycles. The second-order valence-corrected chi connectivity index (χ2v) is 6.89. The van der Waals surface area contributed by atoms with E-state index in [1.54, 1.807) is 6.92 Å². The van der Waals surface area contributed by atoms with E-state index in [1.807, 2.05) is 0 Å². The predicted octanol–water partition coefficient (Wildman–Crippen LogP) is 3.80. The Hall–Kier alpha value is -1.76. The molecule has 5 nitrogen and oxygen atoms in total. The summed E-state index contributed by atoms with van der Waals surface area (Å²) in [6, 6.07) is 1.11. The van der Waals surface area contributed by atoms with Gasteiger partial charge in [-0.3, -0.25) is 4.98 Å². The Labute approximate surface area is 140 Å². The van der Waals surface area contributed by atoms with Gasteiger partial charge in [-0.05, 0) is 49.7 Å². The number of aryl methyl sites for hydroxylation is 1. The number of nitrogens with one attached hydrogen (secondary N) is 2. The van der Waals surface area contributed by atoms with Crippen LogP contribution in [0, 0.1) is 12.3 Å². The zero-order valence-corrected chi connectivity index (χ0v) is 13.8. The van der Waals surface area contributed by atoms with Crippen LogP contribution in [0.2, 0.25) is 0 Å². The van der Waals surface area contributed by atoms with Crippen molar-refractivity contribution in [2.75, 3.05) is 18.5 Å². The van der Waals surface area contributed by atoms with Crippen LogP contribution >= 0.6 is 0 Å². The lowest BCUT2D eigenvalue weighted by Gasteiger charge is -2.46. The Morgan fingerprint density at radius 2 is 2.25 bits per heavy atom. The topological polar surface area (TPSA) is 63.2 Å². The van der Waals surface area contributed by atoms with E-state index in [9.17, 15) is 13.6 Å². The Bertz CT molecular complexity index is 595. The molecule has 1 aromatic heterocycles. The summed E-state index contributed by atoms with van der Waals surface area (Å²) in [6.07, 6.45) is 4.61. The van der Waals surface area contributed by atoms with Gasteiger partial charge in [0.2, 0.25) is 0 Å². The average molecular weight is 339 g/mol. The normalized spacial score (nSPS) is 22.2. The van der Waals surface area contributed by atoms with E-state index in [-0.39, 0.29) is 17.8 Å². The summed E-state index contributed by atoms with van der Waals surface area (Å²) in [5, 5.41) is 5.38. The Morgan fingerprint density at radius 3 is 2.79 bits per heavy atom. The molecule has 0 bridgehead atoms. The van der Waals surface area contributed by atoms with E-state index in [0.29, 0.717) is 23.2 Å². The van der Waals surface area contributed by atoms with Crippen molar-refractivity contribution in [3.8, 4) is 0 Å². The fourth-order valence-corrected chi connectivity index (χ4v) is 3.41. The van der Waals surface area contributed by atoms with Gasteiger partial charge in [-0.1, -0.05) is 6.42 Å². The van der Waals surface area contributed by atoms with Gasteiger partial charge in [-0.15, -0.1) is 0 Å². The van der Waals surface area contributed by atoms with Crippen LogP contribution in [0.15, 0.2) is 12.3 Å². The Morgan fingerprint density at radius 1 is 1.46 bits per heavy atom. The van der Waals surface area contributed by atoms with Gasteiger partial charge in [0.25, 0.3) is 6.43 Å². The van der Waals surface area contributed by atoms with Gasteiger partial charge in [0.15, 0.2) is 0 Å². The van der Waals surface area contributed by atoms with E-state index in [4.69, 9.17) is 4.74 Å². The van der Waals surface area contributed by atoms with Gasteiger partial charge in [0, 0.05) is 6.54 Å². The molecule has 132 valence electrons. The monoisotopic (exact) mass is 339 g/mol. The number of carbonyl (C=O) groups excluding carboxylic acids is 1. The van der Waals surface area contributed by atoms with Gasteiger partial charge in [0.05, 0.1) is 24.6 Å². The fraction of sp³-hybridized carbons (Fsp3) is 0.647. The zero-order chi connectivity index (χ0) is 17.2. The van der Waals surface area contributed by atoms with Gasteiger partial charge in [-0.2, -0.15) is 0 Å². The molecule has 2 aliphatic rings. The SMILES string of the molecule is Cc1cc(NC(=O)NCC2CCC3(CCC3)CO2)cnc1C(F)F. The maximum atomic E-state index is 12.7. The first-order chi connectivity index (χ1) is 11.5. The molecule has 1 saturated heterocycles. The lowest BCUT2D eigenvalue weighted by atomic mass is 9.65. The van der Waals surface area contributed by atoms with Crippen LogP contribution < -0.4 is 10.6 Å². The average Bonchev–Trinajstić information content (AvgIpc) is 2.51. The molecule has 2 fully saturated rings. The zero-order valence-electron chi connectivity index (χ0n) is 13.8. The molecule has 1 atom stereocenters. The molecule has 0 radical (unpaired) electrons. The molecule has 2 heterocycles. The second-order valence-electron chi connectivity index (χ2n) is 6.89. The van der Waals surface area contributed by atoms with E-state index < -0.39 is 6.43 Å². The van der Waals surface area contributed by atoms with E-state index >= 15 is 0 Å². The van der Waals surface area contributed by atoms with Crippen LogP contribution in [0.25, 0.3) is 0 Å². The first-order valence-electron chi connectivity index (χ1n) is 8.39. The number of hydrogen-bond donors (Lipinski definition) is 2. The van der Waals surface area contributed by atoms with E-state index in [1.165, 1.54) is 37.9 Å². The highest BCUT2D eigenvalue weighted by Gasteiger charge is 2.40. The Kier molecular flexibility index (Phi) is 4.99. The summed E-state index contributed by atoms with van der Waals surface area (Å²) in [4.78, 5) is 15.6.